The molecule has 0 spiro atoms. The average molecular weight is 885 g/mol. The van der Waals surface area contributed by atoms with Crippen molar-refractivity contribution in [2.45, 2.75) is 0 Å². The topological polar surface area (TPSA) is 23.6 Å². The van der Waals surface area contributed by atoms with Gasteiger partial charge in [-0.25, -0.2) is 0 Å². The van der Waals surface area contributed by atoms with Crippen LogP contribution in [0.2, 0.25) is 0 Å². The molecule has 1 aliphatic carbocycles. The minimum Gasteiger partial charge on any atom is -0.301 e. The summed E-state index contributed by atoms with van der Waals surface area (Å²) in [6, 6.07) is 77.5. The number of benzene rings is 7. The van der Waals surface area contributed by atoms with Crippen molar-refractivity contribution in [1.29, 1.82) is 0 Å². The molecule has 0 saturated heterocycles. The summed E-state index contributed by atoms with van der Waals surface area (Å²) in [6.07, 6.45) is 5.67. The van der Waals surface area contributed by atoms with Crippen molar-refractivity contribution in [3.8, 4) is 22.3 Å². The van der Waals surface area contributed by atoms with Gasteiger partial charge in [0.25, 0.3) is 0 Å². The predicted octanol–water partition coefficient (Wildman–Crippen LogP) is 17.1. The Morgan fingerprint density at radius 2 is 0.758 bits per heavy atom. The molecule has 0 fully saturated rings. The van der Waals surface area contributed by atoms with Gasteiger partial charge in [0.1, 0.15) is 10.0 Å². The van der Waals surface area contributed by atoms with Crippen molar-refractivity contribution in [2.24, 2.45) is 0 Å². The number of hydrogen-bond acceptors (Lipinski definition) is 5. The molecule has 5 heteroatoms. The number of thiophene rings is 2. The van der Waals surface area contributed by atoms with Crippen molar-refractivity contribution >= 4 is 77.8 Å². The van der Waals surface area contributed by atoms with Gasteiger partial charge >= 0.3 is 0 Å². The normalized spacial score (nSPS) is 12.7. The first-order valence-corrected chi connectivity index (χ1v) is 23.5. The summed E-state index contributed by atoms with van der Waals surface area (Å²) in [4.78, 5) is 22.4. The third-order valence-electron chi connectivity index (χ3n) is 11.6. The molecule has 3 nitrogen and oxygen atoms in total. The number of ketones is 1. The Bertz CT molecular complexity index is 3220. The standard InChI is InChI=1S/C61H44N2OS2/c1-3-26-47(4-2)62(48-35-20-9-21-36-48)60-51(43-27-12-5-13-28-43)41-53(65-60)57-55(45-31-16-7-17-32-45)59(64)56(46-33-18-8-19-34-46)58(57)54-42-52(44-29-14-6-15-30-44)61(66-54)63(49-37-22-10-23-38-49)50-39-24-11-25-40-50/h3-42H,1-2H2/b47-26+. The maximum absolute atomic E-state index is 15.8. The fourth-order valence-corrected chi connectivity index (χ4v) is 11.3. The van der Waals surface area contributed by atoms with E-state index in [9.17, 15) is 0 Å². The Morgan fingerprint density at radius 1 is 0.409 bits per heavy atom. The van der Waals surface area contributed by atoms with Gasteiger partial charge in [-0.05, 0) is 82.9 Å². The Kier molecular flexibility index (Phi) is 12.0. The van der Waals surface area contributed by atoms with Crippen LogP contribution in [-0.4, -0.2) is 5.78 Å². The Morgan fingerprint density at radius 3 is 1.15 bits per heavy atom. The smallest absolute Gasteiger partial charge is 0.195 e. The highest BCUT2D eigenvalue weighted by atomic mass is 32.1. The van der Waals surface area contributed by atoms with Crippen LogP contribution in [0.1, 0.15) is 20.9 Å². The molecule has 1 aliphatic rings. The molecule has 0 aliphatic heterocycles. The molecule has 0 bridgehead atoms. The third kappa shape index (κ3) is 8.03. The van der Waals surface area contributed by atoms with Crippen molar-refractivity contribution < 1.29 is 4.79 Å². The van der Waals surface area contributed by atoms with Crippen LogP contribution in [0.4, 0.5) is 27.1 Å². The zero-order valence-corrected chi connectivity index (χ0v) is 37.8. The minimum absolute atomic E-state index is 0.00829. The lowest BCUT2D eigenvalue weighted by molar-refractivity contribution is -0.108. The first-order valence-electron chi connectivity index (χ1n) is 21.9. The number of carbonyl (C=O) groups is 1. The minimum atomic E-state index is -0.00829. The molecule has 0 amide bonds. The number of rotatable bonds is 14. The molecule has 0 atom stereocenters. The van der Waals surface area contributed by atoms with Crippen molar-refractivity contribution in [1.82, 2.24) is 0 Å². The molecular weight excluding hydrogens is 841 g/mol. The van der Waals surface area contributed by atoms with Crippen LogP contribution < -0.4 is 9.80 Å². The highest BCUT2D eigenvalue weighted by molar-refractivity contribution is 7.20. The van der Waals surface area contributed by atoms with E-state index >= 15 is 4.79 Å². The van der Waals surface area contributed by atoms with E-state index < -0.39 is 0 Å². The Balaban J connectivity index is 1.31. The van der Waals surface area contributed by atoms with E-state index in [4.69, 9.17) is 0 Å². The van der Waals surface area contributed by atoms with Gasteiger partial charge in [0.05, 0.1) is 0 Å². The van der Waals surface area contributed by atoms with Crippen LogP contribution in [0.15, 0.2) is 262 Å². The average Bonchev–Trinajstić information content (AvgIpc) is 4.10. The van der Waals surface area contributed by atoms with Gasteiger partial charge < -0.3 is 9.80 Å². The van der Waals surface area contributed by atoms with E-state index in [-0.39, 0.29) is 5.78 Å². The number of Topliss-reactive ketones (excluding diaryl/α,β-unsaturated/α-hetero) is 1. The number of hydrogen-bond donors (Lipinski definition) is 0. The van der Waals surface area contributed by atoms with Crippen LogP contribution in [-0.2, 0) is 4.79 Å². The molecular formula is C61H44N2OS2. The third-order valence-corrected chi connectivity index (χ3v) is 13.9. The largest absolute Gasteiger partial charge is 0.301 e. The van der Waals surface area contributed by atoms with Crippen LogP contribution in [0, 0.1) is 0 Å². The molecule has 7 aromatic carbocycles. The second kappa shape index (κ2) is 18.9. The lowest BCUT2D eigenvalue weighted by Gasteiger charge is -2.26. The number of anilines is 5. The Hall–Kier alpha value is -8.09. The van der Waals surface area contributed by atoms with Crippen LogP contribution in [0.3, 0.4) is 0 Å². The van der Waals surface area contributed by atoms with Gasteiger partial charge in [-0.2, -0.15) is 0 Å². The molecule has 316 valence electrons. The summed E-state index contributed by atoms with van der Waals surface area (Å²) in [5.74, 6) is -0.00829. The van der Waals surface area contributed by atoms with Crippen molar-refractivity contribution in [3.63, 3.8) is 0 Å². The van der Waals surface area contributed by atoms with Crippen LogP contribution in [0.5, 0.6) is 0 Å². The molecule has 0 radical (unpaired) electrons. The van der Waals surface area contributed by atoms with Gasteiger partial charge in [0.2, 0.25) is 0 Å². The number of para-hydroxylation sites is 3. The van der Waals surface area contributed by atoms with Crippen LogP contribution >= 0.6 is 22.7 Å². The van der Waals surface area contributed by atoms with Gasteiger partial charge in [0, 0.05) is 65.9 Å². The van der Waals surface area contributed by atoms with E-state index in [1.54, 1.807) is 28.7 Å². The summed E-state index contributed by atoms with van der Waals surface area (Å²) in [5, 5.41) is 2.04. The Labute approximate surface area is 394 Å². The van der Waals surface area contributed by atoms with E-state index in [1.807, 2.05) is 60.7 Å². The summed E-state index contributed by atoms with van der Waals surface area (Å²) in [7, 11) is 0. The summed E-state index contributed by atoms with van der Waals surface area (Å²) >= 11 is 3.39. The molecule has 10 rings (SSSR count). The molecule has 9 aromatic rings. The van der Waals surface area contributed by atoms with Gasteiger partial charge in [0.15, 0.2) is 5.78 Å². The van der Waals surface area contributed by atoms with Crippen molar-refractivity contribution in [3.05, 3.63) is 282 Å². The van der Waals surface area contributed by atoms with E-state index in [0.717, 1.165) is 87.0 Å². The zero-order chi connectivity index (χ0) is 44.8. The maximum Gasteiger partial charge on any atom is 0.195 e. The van der Waals surface area contributed by atoms with Gasteiger partial charge in [-0.1, -0.05) is 195 Å². The fourth-order valence-electron chi connectivity index (χ4n) is 8.70. The molecule has 66 heavy (non-hydrogen) atoms. The highest BCUT2D eigenvalue weighted by Gasteiger charge is 2.38. The lowest BCUT2D eigenvalue weighted by atomic mass is 9.95. The summed E-state index contributed by atoms with van der Waals surface area (Å²) in [6.45, 7) is 8.35. The quantitative estimate of drug-likeness (QED) is 0.102. The first kappa shape index (κ1) is 41.9. The number of nitrogens with zero attached hydrogens (tertiary/aromatic N) is 2. The van der Waals surface area contributed by atoms with E-state index in [1.165, 1.54) is 0 Å². The predicted molar refractivity (Wildman–Crippen MR) is 283 cm³/mol. The lowest BCUT2D eigenvalue weighted by Crippen LogP contribution is -2.14. The summed E-state index contributed by atoms with van der Waals surface area (Å²) in [5.41, 5.74) is 13.1. The second-order valence-electron chi connectivity index (χ2n) is 15.7. The van der Waals surface area contributed by atoms with E-state index in [2.05, 4.69) is 199 Å². The molecule has 0 N–H and O–H groups in total. The SMILES string of the molecule is C=C/C=C(\C=C)N(c1ccccc1)c1sc(C2=C(c3ccccc3)C(=O)C(c3ccccc3)=C2c2cc(-c3ccccc3)c(N(c3ccccc3)c3ccccc3)s2)cc1-c1ccccc1. The molecule has 0 saturated carbocycles. The highest BCUT2D eigenvalue weighted by Crippen LogP contribution is 2.58. The van der Waals surface area contributed by atoms with Gasteiger partial charge in [-0.3, -0.25) is 4.79 Å². The number of allylic oxidation sites excluding steroid dienone is 7. The van der Waals surface area contributed by atoms with Gasteiger partial charge in [-0.15, -0.1) is 22.7 Å². The second-order valence-corrected chi connectivity index (χ2v) is 17.7. The maximum atomic E-state index is 15.8. The summed E-state index contributed by atoms with van der Waals surface area (Å²) < 4.78 is 0. The molecule has 2 heterocycles. The van der Waals surface area contributed by atoms with Crippen LogP contribution in [0.25, 0.3) is 44.5 Å². The van der Waals surface area contributed by atoms with Crippen molar-refractivity contribution in [2.75, 3.05) is 9.80 Å². The first-order chi connectivity index (χ1) is 32.6. The zero-order valence-electron chi connectivity index (χ0n) is 36.1. The number of carbonyl (C=O) groups excluding carboxylic acids is 1. The molecule has 2 aromatic heterocycles. The monoisotopic (exact) mass is 884 g/mol. The molecule has 0 unspecified atom stereocenters. The fraction of sp³-hybridized carbons (Fsp3) is 0. The van der Waals surface area contributed by atoms with E-state index in [0.29, 0.717) is 11.1 Å².